The highest BCUT2D eigenvalue weighted by Crippen LogP contribution is 2.39. The van der Waals surface area contributed by atoms with E-state index in [1.54, 1.807) is 4.90 Å². The van der Waals surface area contributed by atoms with Gasteiger partial charge in [0.05, 0.1) is 4.92 Å². The molecule has 3 rings (SSSR count). The number of benzene rings is 1. The van der Waals surface area contributed by atoms with E-state index in [1.165, 1.54) is 6.08 Å². The zero-order valence-electron chi connectivity index (χ0n) is 20.1. The first-order valence-electron chi connectivity index (χ1n) is 11.4. The van der Waals surface area contributed by atoms with E-state index in [0.717, 1.165) is 25.0 Å². The SMILES string of the molecule is C=Cc1cc([N+](=O)[O-])c(OC(F)(F)F)cc1N1CCC(N2CCN(C(=O)OC(C)(C)C)CC2)CC1. The van der Waals surface area contributed by atoms with Crippen molar-refractivity contribution in [3.8, 4) is 5.75 Å². The second kappa shape index (κ2) is 10.3. The number of hydrogen-bond acceptors (Lipinski definition) is 7. The Bertz CT molecular complexity index is 948. The fourth-order valence-corrected chi connectivity index (χ4v) is 4.43. The molecule has 0 saturated carbocycles. The summed E-state index contributed by atoms with van der Waals surface area (Å²) in [6.07, 6.45) is -2.46. The van der Waals surface area contributed by atoms with Gasteiger partial charge >= 0.3 is 18.1 Å². The Balaban J connectivity index is 1.64. The number of carbonyl (C=O) groups is 1. The summed E-state index contributed by atoms with van der Waals surface area (Å²) in [6.45, 7) is 12.8. The van der Waals surface area contributed by atoms with Crippen molar-refractivity contribution in [3.05, 3.63) is 34.4 Å². The summed E-state index contributed by atoms with van der Waals surface area (Å²) >= 11 is 0. The number of nitro groups is 1. The second-order valence-corrected chi connectivity index (χ2v) is 9.61. The number of piperidine rings is 1. The lowest BCUT2D eigenvalue weighted by atomic mass is 10.00. The van der Waals surface area contributed by atoms with Crippen molar-refractivity contribution in [2.24, 2.45) is 0 Å². The van der Waals surface area contributed by atoms with Gasteiger partial charge < -0.3 is 19.3 Å². The molecule has 0 bridgehead atoms. The van der Waals surface area contributed by atoms with Crippen LogP contribution in [0.4, 0.5) is 29.3 Å². The van der Waals surface area contributed by atoms with Crippen LogP contribution >= 0.6 is 0 Å². The number of halogens is 3. The minimum Gasteiger partial charge on any atom is -0.444 e. The maximum absolute atomic E-state index is 12.8. The second-order valence-electron chi connectivity index (χ2n) is 9.61. The van der Waals surface area contributed by atoms with Gasteiger partial charge in [0.25, 0.3) is 0 Å². The normalized spacial score (nSPS) is 18.3. The van der Waals surface area contributed by atoms with Gasteiger partial charge in [-0.2, -0.15) is 0 Å². The van der Waals surface area contributed by atoms with Crippen LogP contribution in [0, 0.1) is 10.1 Å². The largest absolute Gasteiger partial charge is 0.573 e. The molecule has 2 aliphatic rings. The number of rotatable bonds is 5. The molecule has 2 heterocycles. The molecular formula is C23H31F3N4O5. The Morgan fingerprint density at radius 1 is 1.11 bits per heavy atom. The molecule has 0 unspecified atom stereocenters. The van der Waals surface area contributed by atoms with Crippen molar-refractivity contribution in [1.29, 1.82) is 0 Å². The van der Waals surface area contributed by atoms with Crippen LogP contribution in [-0.2, 0) is 4.74 Å². The molecule has 0 radical (unpaired) electrons. The maximum Gasteiger partial charge on any atom is 0.573 e. The smallest absolute Gasteiger partial charge is 0.444 e. The average Bonchev–Trinajstić information content (AvgIpc) is 2.76. The van der Waals surface area contributed by atoms with E-state index in [9.17, 15) is 28.1 Å². The number of nitrogens with zero attached hydrogens (tertiary/aromatic N) is 4. The van der Waals surface area contributed by atoms with Crippen LogP contribution in [0.3, 0.4) is 0 Å². The summed E-state index contributed by atoms with van der Waals surface area (Å²) in [7, 11) is 0. The molecule has 1 amide bonds. The third-order valence-electron chi connectivity index (χ3n) is 6.04. The molecule has 1 aromatic rings. The highest BCUT2D eigenvalue weighted by atomic mass is 19.4. The van der Waals surface area contributed by atoms with Crippen molar-refractivity contribution < 1.29 is 32.4 Å². The zero-order valence-corrected chi connectivity index (χ0v) is 20.1. The molecule has 2 saturated heterocycles. The van der Waals surface area contributed by atoms with Crippen molar-refractivity contribution in [3.63, 3.8) is 0 Å². The number of anilines is 1. The number of nitro benzene ring substituents is 1. The highest BCUT2D eigenvalue weighted by Gasteiger charge is 2.36. The summed E-state index contributed by atoms with van der Waals surface area (Å²) < 4.78 is 47.9. The molecule has 0 N–H and O–H groups in total. The summed E-state index contributed by atoms with van der Waals surface area (Å²) in [5, 5.41) is 11.3. The fourth-order valence-electron chi connectivity index (χ4n) is 4.43. The maximum atomic E-state index is 12.8. The summed E-state index contributed by atoms with van der Waals surface area (Å²) in [6, 6.07) is 2.40. The predicted octanol–water partition coefficient (Wildman–Crippen LogP) is 4.66. The first-order chi connectivity index (χ1) is 16.3. The lowest BCUT2D eigenvalue weighted by Gasteiger charge is -2.43. The highest BCUT2D eigenvalue weighted by molar-refractivity contribution is 5.73. The van der Waals surface area contributed by atoms with Gasteiger partial charge in [0, 0.05) is 68.7 Å². The minimum atomic E-state index is -5.05. The molecule has 194 valence electrons. The summed E-state index contributed by atoms with van der Waals surface area (Å²) in [4.78, 5) is 28.6. The Morgan fingerprint density at radius 2 is 1.71 bits per heavy atom. The van der Waals surface area contributed by atoms with E-state index in [-0.39, 0.29) is 12.1 Å². The van der Waals surface area contributed by atoms with Gasteiger partial charge in [-0.3, -0.25) is 15.0 Å². The van der Waals surface area contributed by atoms with Gasteiger partial charge in [-0.15, -0.1) is 13.2 Å². The van der Waals surface area contributed by atoms with Gasteiger partial charge in [0.15, 0.2) is 0 Å². The summed E-state index contributed by atoms with van der Waals surface area (Å²) in [5.41, 5.74) is -0.527. The standard InChI is InChI=1S/C23H31F3N4O5/c1-5-16-14-19(30(32)33)20(34-23(24,25)26)15-18(16)28-8-6-17(7-9-28)27-10-12-29(13-11-27)21(31)35-22(2,3)4/h5,14-15,17H,1,6-13H2,2-4H3. The van der Waals surface area contributed by atoms with E-state index >= 15 is 0 Å². The van der Waals surface area contributed by atoms with E-state index in [0.29, 0.717) is 50.5 Å². The number of alkyl halides is 3. The van der Waals surface area contributed by atoms with Crippen molar-refractivity contribution in [1.82, 2.24) is 9.80 Å². The Hall–Kier alpha value is -3.02. The average molecular weight is 501 g/mol. The topological polar surface area (TPSA) is 88.4 Å². The van der Waals surface area contributed by atoms with Crippen LogP contribution in [0.5, 0.6) is 5.75 Å². The molecular weight excluding hydrogens is 469 g/mol. The van der Waals surface area contributed by atoms with E-state index in [1.807, 2.05) is 25.7 Å². The van der Waals surface area contributed by atoms with E-state index < -0.39 is 28.3 Å². The molecule has 9 nitrogen and oxygen atoms in total. The van der Waals surface area contributed by atoms with Gasteiger partial charge in [-0.1, -0.05) is 12.7 Å². The molecule has 0 atom stereocenters. The van der Waals surface area contributed by atoms with Crippen LogP contribution in [0.1, 0.15) is 39.2 Å². The zero-order chi connectivity index (χ0) is 26.0. The van der Waals surface area contributed by atoms with Crippen LogP contribution < -0.4 is 9.64 Å². The Labute approximate surface area is 202 Å². The van der Waals surface area contributed by atoms with Crippen LogP contribution in [-0.4, -0.2) is 78.1 Å². The third-order valence-corrected chi connectivity index (χ3v) is 6.04. The Kier molecular flexibility index (Phi) is 7.83. The predicted molar refractivity (Wildman–Crippen MR) is 124 cm³/mol. The van der Waals surface area contributed by atoms with Crippen LogP contribution in [0.15, 0.2) is 18.7 Å². The summed E-state index contributed by atoms with van der Waals surface area (Å²) in [5.74, 6) is -0.844. The number of ether oxygens (including phenoxy) is 2. The van der Waals surface area contributed by atoms with E-state index in [4.69, 9.17) is 4.74 Å². The fraction of sp³-hybridized carbons (Fsp3) is 0.609. The molecule has 1 aromatic carbocycles. The lowest BCUT2D eigenvalue weighted by Crippen LogP contribution is -2.55. The number of hydrogen-bond donors (Lipinski definition) is 0. The third kappa shape index (κ3) is 7.00. The molecule has 2 fully saturated rings. The van der Waals surface area contributed by atoms with Crippen LogP contribution in [0.25, 0.3) is 6.08 Å². The van der Waals surface area contributed by atoms with Crippen molar-refractivity contribution in [2.45, 2.75) is 51.6 Å². The molecule has 0 aromatic heterocycles. The van der Waals surface area contributed by atoms with Crippen molar-refractivity contribution >= 4 is 23.5 Å². The van der Waals surface area contributed by atoms with Gasteiger partial charge in [0.1, 0.15) is 5.60 Å². The van der Waals surface area contributed by atoms with E-state index in [2.05, 4.69) is 16.2 Å². The molecule has 0 spiro atoms. The molecule has 2 aliphatic heterocycles. The minimum absolute atomic E-state index is 0.267. The van der Waals surface area contributed by atoms with Crippen LogP contribution in [0.2, 0.25) is 0 Å². The molecule has 12 heteroatoms. The monoisotopic (exact) mass is 500 g/mol. The van der Waals surface area contributed by atoms with Crippen molar-refractivity contribution in [2.75, 3.05) is 44.2 Å². The number of amides is 1. The number of carbonyl (C=O) groups excluding carboxylic acids is 1. The quantitative estimate of drug-likeness (QED) is 0.429. The molecule has 0 aliphatic carbocycles. The lowest BCUT2D eigenvalue weighted by molar-refractivity contribution is -0.388. The van der Waals surface area contributed by atoms with Gasteiger partial charge in [-0.25, -0.2) is 4.79 Å². The first kappa shape index (κ1) is 26.6. The molecule has 35 heavy (non-hydrogen) atoms. The first-order valence-corrected chi connectivity index (χ1v) is 11.4. The van der Waals surface area contributed by atoms with Gasteiger partial charge in [-0.05, 0) is 33.6 Å². The number of piperazine rings is 1. The Morgan fingerprint density at radius 3 is 2.20 bits per heavy atom. The van der Waals surface area contributed by atoms with Gasteiger partial charge in [0.2, 0.25) is 5.75 Å².